The summed E-state index contributed by atoms with van der Waals surface area (Å²) >= 11 is 0. The molecule has 0 saturated heterocycles. The molecule has 9 rings (SSSR count). The van der Waals surface area contributed by atoms with E-state index in [4.69, 9.17) is 4.98 Å². The molecule has 242 valence electrons. The van der Waals surface area contributed by atoms with Crippen LogP contribution in [0.2, 0.25) is 0 Å². The van der Waals surface area contributed by atoms with Gasteiger partial charge in [-0.2, -0.15) is 0 Å². The van der Waals surface area contributed by atoms with Crippen LogP contribution in [0.3, 0.4) is 0 Å². The lowest BCUT2D eigenvalue weighted by Crippen LogP contribution is -2.00. The van der Waals surface area contributed by atoms with Gasteiger partial charge in [0.15, 0.2) is 0 Å². The van der Waals surface area contributed by atoms with E-state index in [2.05, 4.69) is 193 Å². The molecule has 0 aliphatic carbocycles. The average molecular weight is 654 g/mol. The highest BCUT2D eigenvalue weighted by molar-refractivity contribution is 6.10. The third kappa shape index (κ3) is 5.27. The maximum atomic E-state index is 5.30. The number of hydrogen-bond acceptors (Lipinski definition) is 1. The minimum absolute atomic E-state index is 0.893. The van der Waals surface area contributed by atoms with Crippen molar-refractivity contribution in [3.63, 3.8) is 0 Å². The van der Waals surface area contributed by atoms with Crippen molar-refractivity contribution < 1.29 is 0 Å². The Labute approximate surface area is 297 Å². The molecule has 0 amide bonds. The SMILES string of the molecule is C=Cc1c(/C=C(\C)c2ccc3c(c2)c2ccccc2n3-c2cc(-c3ccccc3)cc(-c3ccccc3)n2)n(-c2ccccc2)c2ccccc12. The van der Waals surface area contributed by atoms with E-state index in [0.29, 0.717) is 0 Å². The lowest BCUT2D eigenvalue weighted by molar-refractivity contribution is 1.08. The fraction of sp³-hybridized carbons (Fsp3) is 0.0208. The summed E-state index contributed by atoms with van der Waals surface area (Å²) < 4.78 is 4.66. The quantitative estimate of drug-likeness (QED) is 0.168. The molecule has 0 aliphatic heterocycles. The van der Waals surface area contributed by atoms with Gasteiger partial charge in [0.1, 0.15) is 5.82 Å². The second-order valence-corrected chi connectivity index (χ2v) is 12.9. The molecule has 3 heterocycles. The molecular weight excluding hydrogens is 619 g/mol. The Balaban J connectivity index is 1.24. The number of aromatic nitrogens is 3. The molecule has 0 saturated carbocycles. The van der Waals surface area contributed by atoms with Crippen LogP contribution in [0.25, 0.3) is 84.3 Å². The zero-order valence-corrected chi connectivity index (χ0v) is 28.4. The predicted octanol–water partition coefficient (Wildman–Crippen LogP) is 12.7. The minimum atomic E-state index is 0.893. The number of fused-ring (bicyclic) bond motifs is 4. The Hall–Kier alpha value is -6.71. The van der Waals surface area contributed by atoms with Gasteiger partial charge in [0.2, 0.25) is 0 Å². The van der Waals surface area contributed by atoms with Crippen LogP contribution < -0.4 is 0 Å². The zero-order chi connectivity index (χ0) is 34.3. The second kappa shape index (κ2) is 12.6. The van der Waals surface area contributed by atoms with Crippen LogP contribution in [0.5, 0.6) is 0 Å². The highest BCUT2D eigenvalue weighted by Gasteiger charge is 2.18. The van der Waals surface area contributed by atoms with Crippen molar-refractivity contribution in [2.45, 2.75) is 6.92 Å². The Morgan fingerprint density at radius 1 is 0.529 bits per heavy atom. The first-order chi connectivity index (χ1) is 25.2. The largest absolute Gasteiger partial charge is 0.309 e. The molecule has 6 aromatic carbocycles. The summed E-state index contributed by atoms with van der Waals surface area (Å²) in [6.45, 7) is 6.44. The summed E-state index contributed by atoms with van der Waals surface area (Å²) in [5.74, 6) is 0.893. The molecular formula is C48H35N3. The van der Waals surface area contributed by atoms with Crippen molar-refractivity contribution in [1.82, 2.24) is 14.1 Å². The minimum Gasteiger partial charge on any atom is -0.309 e. The van der Waals surface area contributed by atoms with Crippen molar-refractivity contribution >= 4 is 50.4 Å². The average Bonchev–Trinajstić information content (AvgIpc) is 3.70. The Morgan fingerprint density at radius 3 is 1.82 bits per heavy atom. The van der Waals surface area contributed by atoms with Crippen LogP contribution in [0.1, 0.15) is 23.7 Å². The maximum absolute atomic E-state index is 5.30. The smallest absolute Gasteiger partial charge is 0.138 e. The molecule has 0 bridgehead atoms. The first-order valence-electron chi connectivity index (χ1n) is 17.3. The normalized spacial score (nSPS) is 11.8. The summed E-state index contributed by atoms with van der Waals surface area (Å²) in [6, 6.07) is 60.1. The summed E-state index contributed by atoms with van der Waals surface area (Å²) in [5.41, 5.74) is 13.5. The molecule has 0 atom stereocenters. The van der Waals surface area contributed by atoms with E-state index in [-0.39, 0.29) is 0 Å². The standard InChI is InChI=1S/C48H35N3/c1-3-39-40-23-13-15-25-44(40)50(38-21-11-6-12-22-38)47(39)29-33(2)36-27-28-46-42(30-36)41-24-14-16-26-45(41)51(46)48-32-37(34-17-7-4-8-18-34)31-43(49-48)35-19-9-5-10-20-35/h3-32H,1H2,2H3/b33-29+. The molecule has 3 nitrogen and oxygen atoms in total. The molecule has 9 aromatic rings. The molecule has 51 heavy (non-hydrogen) atoms. The van der Waals surface area contributed by atoms with Gasteiger partial charge in [-0.1, -0.05) is 134 Å². The van der Waals surface area contributed by atoms with Crippen molar-refractivity contribution in [2.75, 3.05) is 0 Å². The summed E-state index contributed by atoms with van der Waals surface area (Å²) in [7, 11) is 0. The second-order valence-electron chi connectivity index (χ2n) is 12.9. The topological polar surface area (TPSA) is 22.8 Å². The molecule has 3 aromatic heterocycles. The van der Waals surface area contributed by atoms with E-state index in [9.17, 15) is 0 Å². The van der Waals surface area contributed by atoms with Gasteiger partial charge < -0.3 is 4.57 Å². The lowest BCUT2D eigenvalue weighted by atomic mass is 10.0. The number of allylic oxidation sites excluding steroid dienone is 1. The van der Waals surface area contributed by atoms with Gasteiger partial charge in [0.05, 0.1) is 27.9 Å². The molecule has 0 radical (unpaired) electrons. The molecule has 0 fully saturated rings. The Bertz CT molecular complexity index is 2690. The number of benzene rings is 6. The van der Waals surface area contributed by atoms with Crippen LogP contribution in [-0.4, -0.2) is 14.1 Å². The van der Waals surface area contributed by atoms with E-state index < -0.39 is 0 Å². The van der Waals surface area contributed by atoms with Gasteiger partial charge in [-0.3, -0.25) is 4.57 Å². The van der Waals surface area contributed by atoms with Gasteiger partial charge in [-0.05, 0) is 83.8 Å². The zero-order valence-electron chi connectivity index (χ0n) is 28.4. The molecule has 0 spiro atoms. The van der Waals surface area contributed by atoms with Gasteiger partial charge in [0.25, 0.3) is 0 Å². The highest BCUT2D eigenvalue weighted by atomic mass is 15.1. The third-order valence-corrected chi connectivity index (χ3v) is 9.87. The number of nitrogens with zero attached hydrogens (tertiary/aromatic N) is 3. The summed E-state index contributed by atoms with van der Waals surface area (Å²) in [6.07, 6.45) is 4.29. The van der Waals surface area contributed by atoms with Gasteiger partial charge in [-0.25, -0.2) is 4.98 Å². The van der Waals surface area contributed by atoms with Crippen LogP contribution in [0.4, 0.5) is 0 Å². The van der Waals surface area contributed by atoms with Gasteiger partial charge in [0, 0.05) is 33.0 Å². The van der Waals surface area contributed by atoms with Crippen LogP contribution >= 0.6 is 0 Å². The molecule has 0 unspecified atom stereocenters. The molecule has 0 N–H and O–H groups in total. The fourth-order valence-electron chi connectivity index (χ4n) is 7.43. The van der Waals surface area contributed by atoms with Gasteiger partial charge >= 0.3 is 0 Å². The van der Waals surface area contributed by atoms with Crippen LogP contribution in [0, 0.1) is 0 Å². The van der Waals surface area contributed by atoms with E-state index in [1.165, 1.54) is 27.3 Å². The van der Waals surface area contributed by atoms with Crippen LogP contribution in [-0.2, 0) is 0 Å². The van der Waals surface area contributed by atoms with Crippen molar-refractivity contribution in [1.29, 1.82) is 0 Å². The molecule has 0 aliphatic rings. The van der Waals surface area contributed by atoms with E-state index in [1.54, 1.807) is 0 Å². The van der Waals surface area contributed by atoms with E-state index >= 15 is 0 Å². The number of rotatable bonds is 7. The van der Waals surface area contributed by atoms with E-state index in [1.807, 2.05) is 12.1 Å². The monoisotopic (exact) mass is 653 g/mol. The van der Waals surface area contributed by atoms with Gasteiger partial charge in [-0.15, -0.1) is 0 Å². The van der Waals surface area contributed by atoms with Crippen molar-refractivity contribution in [3.8, 4) is 33.9 Å². The summed E-state index contributed by atoms with van der Waals surface area (Å²) in [5, 5.41) is 3.58. The van der Waals surface area contributed by atoms with Crippen molar-refractivity contribution in [3.05, 3.63) is 193 Å². The first kappa shape index (κ1) is 30.4. The Morgan fingerprint density at radius 2 is 1.12 bits per heavy atom. The fourth-order valence-corrected chi connectivity index (χ4v) is 7.43. The molecule has 3 heteroatoms. The number of hydrogen-bond donors (Lipinski definition) is 0. The lowest BCUT2D eigenvalue weighted by Gasteiger charge is -2.13. The van der Waals surface area contributed by atoms with Crippen LogP contribution in [0.15, 0.2) is 176 Å². The third-order valence-electron chi connectivity index (χ3n) is 9.87. The van der Waals surface area contributed by atoms with E-state index in [0.717, 1.165) is 61.7 Å². The number of pyridine rings is 1. The predicted molar refractivity (Wildman–Crippen MR) is 216 cm³/mol. The van der Waals surface area contributed by atoms with Crippen molar-refractivity contribution in [2.24, 2.45) is 0 Å². The highest BCUT2D eigenvalue weighted by Crippen LogP contribution is 2.37. The number of para-hydroxylation sites is 3. The maximum Gasteiger partial charge on any atom is 0.138 e. The first-order valence-corrected chi connectivity index (χ1v) is 17.3. The summed E-state index contributed by atoms with van der Waals surface area (Å²) in [4.78, 5) is 5.30. The Kier molecular flexibility index (Phi) is 7.52.